The molecule has 0 unspecified atom stereocenters. The lowest BCUT2D eigenvalue weighted by Gasteiger charge is -2.31. The third-order valence-corrected chi connectivity index (χ3v) is 6.36. The van der Waals surface area contributed by atoms with Crippen molar-refractivity contribution in [3.63, 3.8) is 0 Å². The second-order valence-electron chi connectivity index (χ2n) is 8.22. The smallest absolute Gasteiger partial charge is 0.261 e. The van der Waals surface area contributed by atoms with Crippen molar-refractivity contribution in [2.45, 2.75) is 6.92 Å². The van der Waals surface area contributed by atoms with E-state index in [4.69, 9.17) is 11.6 Å². The van der Waals surface area contributed by atoms with Crippen LogP contribution in [0.2, 0.25) is 5.02 Å². The molecule has 3 amide bonds. The number of amides is 3. The highest BCUT2D eigenvalue weighted by Crippen LogP contribution is 2.30. The molecule has 0 saturated carbocycles. The fourth-order valence-corrected chi connectivity index (χ4v) is 4.65. The predicted octanol–water partition coefficient (Wildman–Crippen LogP) is 5.74. The van der Waals surface area contributed by atoms with Gasteiger partial charge in [0, 0.05) is 45.9 Å². The van der Waals surface area contributed by atoms with Crippen molar-refractivity contribution < 1.29 is 14.4 Å². The lowest BCUT2D eigenvalue weighted by Crippen LogP contribution is -2.46. The highest BCUT2D eigenvalue weighted by Gasteiger charge is 2.33. The monoisotopic (exact) mass is 468 g/mol. The van der Waals surface area contributed by atoms with Gasteiger partial charge in [-0.3, -0.25) is 19.3 Å². The molecule has 4 aromatic carbocycles. The zero-order valence-electron chi connectivity index (χ0n) is 18.5. The van der Waals surface area contributed by atoms with Crippen molar-refractivity contribution in [2.24, 2.45) is 0 Å². The molecule has 0 aromatic heterocycles. The van der Waals surface area contributed by atoms with Crippen LogP contribution in [0.4, 0.5) is 5.69 Å². The molecule has 5 rings (SSSR count). The Morgan fingerprint density at radius 3 is 2.15 bits per heavy atom. The summed E-state index contributed by atoms with van der Waals surface area (Å²) in [6.45, 7) is 2.12. The van der Waals surface area contributed by atoms with Crippen molar-refractivity contribution in [1.82, 2.24) is 4.90 Å². The highest BCUT2D eigenvalue weighted by atomic mass is 35.5. The fourth-order valence-electron chi connectivity index (χ4n) is 4.46. The van der Waals surface area contributed by atoms with Crippen LogP contribution in [0.15, 0.2) is 84.9 Å². The number of carbonyl (C=O) groups is 3. The molecule has 34 heavy (non-hydrogen) atoms. The van der Waals surface area contributed by atoms with E-state index in [9.17, 15) is 14.4 Å². The van der Waals surface area contributed by atoms with Crippen molar-refractivity contribution in [3.8, 4) is 0 Å². The Bertz CT molecular complexity index is 1410. The first-order chi connectivity index (χ1) is 16.5. The zero-order valence-corrected chi connectivity index (χ0v) is 19.3. The molecular weight excluding hydrogens is 448 g/mol. The van der Waals surface area contributed by atoms with Gasteiger partial charge in [0.15, 0.2) is 0 Å². The summed E-state index contributed by atoms with van der Waals surface area (Å²) in [7, 11) is 0. The van der Waals surface area contributed by atoms with E-state index in [0.717, 1.165) is 10.9 Å². The fraction of sp³-hybridized carbons (Fsp3) is 0.107. The van der Waals surface area contributed by atoms with Gasteiger partial charge >= 0.3 is 0 Å². The van der Waals surface area contributed by atoms with Crippen LogP contribution >= 0.6 is 11.6 Å². The molecule has 0 spiro atoms. The van der Waals surface area contributed by atoms with E-state index in [1.807, 2.05) is 55.5 Å². The number of halogens is 1. The maximum absolute atomic E-state index is 13.5. The molecule has 0 atom stereocenters. The summed E-state index contributed by atoms with van der Waals surface area (Å²) in [6.07, 6.45) is 0. The molecule has 0 fully saturated rings. The van der Waals surface area contributed by atoms with Crippen LogP contribution in [-0.4, -0.2) is 35.7 Å². The minimum absolute atomic E-state index is 0.0586. The molecule has 168 valence electrons. The molecule has 1 aliphatic rings. The van der Waals surface area contributed by atoms with Gasteiger partial charge < -0.3 is 4.90 Å². The summed E-state index contributed by atoms with van der Waals surface area (Å²) in [4.78, 5) is 42.9. The Morgan fingerprint density at radius 2 is 1.50 bits per heavy atom. The minimum Gasteiger partial charge on any atom is -0.306 e. The second-order valence-corrected chi connectivity index (χ2v) is 8.66. The van der Waals surface area contributed by atoms with Gasteiger partial charge in [0.2, 0.25) is 0 Å². The number of aryl methyl sites for hydroxylation is 1. The van der Waals surface area contributed by atoms with Gasteiger partial charge in [-0.2, -0.15) is 0 Å². The third-order valence-electron chi connectivity index (χ3n) is 6.13. The summed E-state index contributed by atoms with van der Waals surface area (Å²) < 4.78 is 0. The summed E-state index contributed by atoms with van der Waals surface area (Å²) >= 11 is 6.13. The number of hydrogen-bond donors (Lipinski definition) is 0. The van der Waals surface area contributed by atoms with Crippen molar-refractivity contribution in [2.75, 3.05) is 18.0 Å². The number of carbonyl (C=O) groups excluding carboxylic acids is 3. The normalized spacial score (nSPS) is 12.8. The average Bonchev–Trinajstić information content (AvgIpc) is 2.85. The largest absolute Gasteiger partial charge is 0.306 e. The van der Waals surface area contributed by atoms with Gasteiger partial charge in [-0.15, -0.1) is 0 Å². The predicted molar refractivity (Wildman–Crippen MR) is 134 cm³/mol. The Labute approximate surface area is 202 Å². The van der Waals surface area contributed by atoms with Crippen LogP contribution in [0.5, 0.6) is 0 Å². The van der Waals surface area contributed by atoms with E-state index < -0.39 is 0 Å². The van der Waals surface area contributed by atoms with Gasteiger partial charge in [-0.25, -0.2) is 0 Å². The topological polar surface area (TPSA) is 57.7 Å². The van der Waals surface area contributed by atoms with Crippen molar-refractivity contribution >= 4 is 45.8 Å². The zero-order chi connectivity index (χ0) is 23.8. The first-order valence-corrected chi connectivity index (χ1v) is 11.3. The Kier molecular flexibility index (Phi) is 5.64. The van der Waals surface area contributed by atoms with E-state index in [2.05, 4.69) is 0 Å². The van der Waals surface area contributed by atoms with Crippen LogP contribution < -0.4 is 4.90 Å². The number of anilines is 1. The number of rotatable bonds is 5. The van der Waals surface area contributed by atoms with Crippen LogP contribution in [0, 0.1) is 6.92 Å². The molecule has 0 bridgehead atoms. The summed E-state index contributed by atoms with van der Waals surface area (Å²) in [5, 5.41) is 2.00. The van der Waals surface area contributed by atoms with Gasteiger partial charge in [0.1, 0.15) is 0 Å². The van der Waals surface area contributed by atoms with Gasteiger partial charge in [-0.1, -0.05) is 60.1 Å². The SMILES string of the molecule is Cc1ccccc1N(CCN1C(=O)c2cccc3cccc(c23)C1=O)C(=O)c1cccc(Cl)c1. The van der Waals surface area contributed by atoms with E-state index in [-0.39, 0.29) is 30.8 Å². The van der Waals surface area contributed by atoms with Crippen LogP contribution in [0.3, 0.4) is 0 Å². The highest BCUT2D eigenvalue weighted by molar-refractivity contribution is 6.31. The number of nitrogens with zero attached hydrogens (tertiary/aromatic N) is 2. The van der Waals surface area contributed by atoms with E-state index in [1.54, 1.807) is 41.3 Å². The van der Waals surface area contributed by atoms with Crippen molar-refractivity contribution in [1.29, 1.82) is 0 Å². The van der Waals surface area contributed by atoms with E-state index in [1.165, 1.54) is 4.90 Å². The first-order valence-electron chi connectivity index (χ1n) is 11.0. The third kappa shape index (κ3) is 3.74. The van der Waals surface area contributed by atoms with Crippen LogP contribution in [-0.2, 0) is 0 Å². The van der Waals surface area contributed by atoms with Crippen LogP contribution in [0.1, 0.15) is 36.6 Å². The summed E-state index contributed by atoms with van der Waals surface area (Å²) in [5.74, 6) is -0.959. The second kappa shape index (κ2) is 8.76. The molecule has 5 nitrogen and oxygen atoms in total. The minimum atomic E-state index is -0.353. The molecule has 1 aliphatic heterocycles. The molecule has 0 aliphatic carbocycles. The molecule has 0 radical (unpaired) electrons. The quantitative estimate of drug-likeness (QED) is 0.351. The lowest BCUT2D eigenvalue weighted by atomic mass is 9.94. The molecule has 4 aromatic rings. The molecule has 0 N–H and O–H groups in total. The molecule has 6 heteroatoms. The maximum atomic E-state index is 13.5. The molecule has 1 heterocycles. The van der Waals surface area contributed by atoms with E-state index >= 15 is 0 Å². The Hall–Kier alpha value is -3.96. The van der Waals surface area contributed by atoms with Crippen molar-refractivity contribution in [3.05, 3.63) is 112 Å². The number of imide groups is 1. The molecular formula is C28H21ClN2O3. The number of benzene rings is 4. The Morgan fingerprint density at radius 1 is 0.853 bits per heavy atom. The van der Waals surface area contributed by atoms with Gasteiger partial charge in [0.25, 0.3) is 17.7 Å². The number of hydrogen-bond acceptors (Lipinski definition) is 3. The number of para-hydroxylation sites is 1. The van der Waals surface area contributed by atoms with Gasteiger partial charge in [-0.05, 0) is 54.3 Å². The van der Waals surface area contributed by atoms with Gasteiger partial charge in [0.05, 0.1) is 0 Å². The van der Waals surface area contributed by atoms with E-state index in [0.29, 0.717) is 32.8 Å². The maximum Gasteiger partial charge on any atom is 0.261 e. The molecule has 0 saturated heterocycles. The Balaban J connectivity index is 1.49. The summed E-state index contributed by atoms with van der Waals surface area (Å²) in [6, 6.07) is 25.2. The van der Waals surface area contributed by atoms with Crippen LogP contribution in [0.25, 0.3) is 10.8 Å². The summed E-state index contributed by atoms with van der Waals surface area (Å²) in [5.41, 5.74) is 3.05. The standard InChI is InChI=1S/C28H21ClN2O3/c1-18-7-2-3-14-24(18)30(26(32)20-10-4-11-21(29)17-20)15-16-31-27(33)22-12-5-8-19-9-6-13-23(25(19)22)28(31)34/h2-14,17H,15-16H2,1H3. The first kappa shape index (κ1) is 21.9. The lowest BCUT2D eigenvalue weighted by molar-refractivity contribution is 0.0611. The average molecular weight is 469 g/mol.